The highest BCUT2D eigenvalue weighted by molar-refractivity contribution is 5.91. The van der Waals surface area contributed by atoms with E-state index in [0.717, 1.165) is 13.0 Å². The van der Waals surface area contributed by atoms with Crippen molar-refractivity contribution in [2.24, 2.45) is 0 Å². The molecule has 198 valence electrons. The minimum atomic E-state index is -0.346. The second-order valence-corrected chi connectivity index (χ2v) is 8.63. The van der Waals surface area contributed by atoms with Crippen molar-refractivity contribution in [2.45, 2.75) is 26.2 Å². The molecule has 0 atom stereocenters. The maximum atomic E-state index is 13.4. The molecule has 1 aromatic carbocycles. The first kappa shape index (κ1) is 29.3. The molecule has 0 unspecified atom stereocenters. The van der Waals surface area contributed by atoms with E-state index in [1.54, 1.807) is 31.5 Å². The molecule has 1 aromatic heterocycles. The molecule has 0 aliphatic carbocycles. The Bertz CT molecular complexity index is 1130. The Balaban J connectivity index is 1.83. The van der Waals surface area contributed by atoms with Crippen LogP contribution in [0.4, 0.5) is 21.8 Å². The Morgan fingerprint density at radius 3 is 2.73 bits per heavy atom. The SMILES string of the molecule is CCCNc1nc(Nc2cccc(F)c2)ncc1C#CCCCNC(=O)CN(C)C(=O)C=CCN(C)C. The van der Waals surface area contributed by atoms with Crippen molar-refractivity contribution in [3.05, 3.63) is 54.0 Å². The van der Waals surface area contributed by atoms with Crippen molar-refractivity contribution < 1.29 is 14.0 Å². The van der Waals surface area contributed by atoms with E-state index in [1.165, 1.54) is 23.1 Å². The van der Waals surface area contributed by atoms with Gasteiger partial charge in [0.1, 0.15) is 11.6 Å². The van der Waals surface area contributed by atoms with Crippen LogP contribution in [0.25, 0.3) is 0 Å². The molecule has 1 heterocycles. The van der Waals surface area contributed by atoms with Crippen LogP contribution in [0.3, 0.4) is 0 Å². The zero-order chi connectivity index (χ0) is 27.0. The maximum absolute atomic E-state index is 13.4. The number of benzene rings is 1. The highest BCUT2D eigenvalue weighted by Gasteiger charge is 2.10. The highest BCUT2D eigenvalue weighted by atomic mass is 19.1. The number of unbranched alkanes of at least 4 members (excludes halogenated alkanes) is 1. The van der Waals surface area contributed by atoms with Crippen LogP contribution < -0.4 is 16.0 Å². The summed E-state index contributed by atoms with van der Waals surface area (Å²) in [6.45, 7) is 3.89. The summed E-state index contributed by atoms with van der Waals surface area (Å²) in [7, 11) is 5.42. The van der Waals surface area contributed by atoms with Gasteiger partial charge in [0.25, 0.3) is 0 Å². The van der Waals surface area contributed by atoms with Gasteiger partial charge in [0, 0.05) is 44.9 Å². The largest absolute Gasteiger partial charge is 0.369 e. The lowest BCUT2D eigenvalue weighted by atomic mass is 10.2. The molecule has 2 rings (SSSR count). The molecule has 0 saturated heterocycles. The molecule has 2 aromatic rings. The fourth-order valence-corrected chi connectivity index (χ4v) is 3.01. The average Bonchev–Trinajstić information content (AvgIpc) is 2.85. The molecular weight excluding hydrogens is 473 g/mol. The Morgan fingerprint density at radius 2 is 2.00 bits per heavy atom. The standard InChI is InChI=1S/C27H36FN7O2/c1-5-15-30-26-21(19-31-27(33-26)32-23-13-9-12-22(28)18-23)11-7-6-8-16-29-24(36)20-35(4)25(37)14-10-17-34(2)3/h9-10,12-14,18-19H,5-6,8,15-17,20H2,1-4H3,(H,29,36)(H2,30,31,32,33). The normalized spacial score (nSPS) is 10.6. The Kier molecular flexibility index (Phi) is 12.6. The summed E-state index contributed by atoms with van der Waals surface area (Å²) in [5, 5.41) is 9.06. The van der Waals surface area contributed by atoms with Crippen LogP contribution in [0.15, 0.2) is 42.6 Å². The van der Waals surface area contributed by atoms with Crippen LogP contribution >= 0.6 is 0 Å². The molecule has 2 amide bonds. The summed E-state index contributed by atoms with van der Waals surface area (Å²) >= 11 is 0. The second kappa shape index (κ2) is 15.9. The number of carbonyl (C=O) groups is 2. The number of amides is 2. The van der Waals surface area contributed by atoms with Crippen molar-refractivity contribution in [1.29, 1.82) is 0 Å². The number of anilines is 3. The fraction of sp³-hybridized carbons (Fsp3) is 0.407. The zero-order valence-electron chi connectivity index (χ0n) is 22.0. The average molecular weight is 510 g/mol. The van der Waals surface area contributed by atoms with E-state index in [1.807, 2.05) is 19.0 Å². The second-order valence-electron chi connectivity index (χ2n) is 8.63. The highest BCUT2D eigenvalue weighted by Crippen LogP contribution is 2.18. The predicted octanol–water partition coefficient (Wildman–Crippen LogP) is 3.01. The quantitative estimate of drug-likeness (QED) is 0.217. The number of halogens is 1. The maximum Gasteiger partial charge on any atom is 0.246 e. The summed E-state index contributed by atoms with van der Waals surface area (Å²) < 4.78 is 13.4. The van der Waals surface area contributed by atoms with Crippen molar-refractivity contribution in [3.8, 4) is 11.8 Å². The third-order valence-electron chi connectivity index (χ3n) is 4.92. The van der Waals surface area contributed by atoms with Gasteiger partial charge in [-0.2, -0.15) is 4.98 Å². The van der Waals surface area contributed by atoms with E-state index in [0.29, 0.717) is 48.9 Å². The number of nitrogens with one attached hydrogen (secondary N) is 3. The third-order valence-corrected chi connectivity index (χ3v) is 4.92. The van der Waals surface area contributed by atoms with E-state index in [-0.39, 0.29) is 24.2 Å². The Hall–Kier alpha value is -3.97. The summed E-state index contributed by atoms with van der Waals surface area (Å²) in [6.07, 6.45) is 7.01. The molecule has 37 heavy (non-hydrogen) atoms. The van der Waals surface area contributed by atoms with Crippen LogP contribution in [0.2, 0.25) is 0 Å². The molecule has 10 heteroatoms. The van der Waals surface area contributed by atoms with Crippen LogP contribution in [-0.2, 0) is 9.59 Å². The van der Waals surface area contributed by atoms with E-state index in [4.69, 9.17) is 0 Å². The van der Waals surface area contributed by atoms with Crippen LogP contribution in [-0.4, -0.2) is 78.9 Å². The zero-order valence-corrected chi connectivity index (χ0v) is 22.0. The van der Waals surface area contributed by atoms with E-state index in [2.05, 4.69) is 44.7 Å². The van der Waals surface area contributed by atoms with Crippen molar-refractivity contribution in [1.82, 2.24) is 25.1 Å². The van der Waals surface area contributed by atoms with Gasteiger partial charge in [-0.25, -0.2) is 9.37 Å². The molecule has 0 fully saturated rings. The van der Waals surface area contributed by atoms with Gasteiger partial charge in [-0.15, -0.1) is 0 Å². The third kappa shape index (κ3) is 11.5. The first-order valence-corrected chi connectivity index (χ1v) is 12.2. The van der Waals surface area contributed by atoms with E-state index in [9.17, 15) is 14.0 Å². The lowest BCUT2D eigenvalue weighted by Crippen LogP contribution is -2.38. The van der Waals surface area contributed by atoms with Crippen LogP contribution in [0.5, 0.6) is 0 Å². The first-order chi connectivity index (χ1) is 17.8. The molecule has 0 aliphatic rings. The molecule has 0 radical (unpaired) electrons. The summed E-state index contributed by atoms with van der Waals surface area (Å²) in [6, 6.07) is 6.08. The Labute approximate surface area is 218 Å². The lowest BCUT2D eigenvalue weighted by molar-refractivity contribution is -0.131. The van der Waals surface area contributed by atoms with Gasteiger partial charge in [0.15, 0.2) is 0 Å². The number of carbonyl (C=O) groups excluding carboxylic acids is 2. The van der Waals surface area contributed by atoms with Gasteiger partial charge in [0.2, 0.25) is 17.8 Å². The molecule has 0 bridgehead atoms. The van der Waals surface area contributed by atoms with Gasteiger partial charge in [-0.05, 0) is 45.1 Å². The number of hydrogen-bond donors (Lipinski definition) is 3. The van der Waals surface area contributed by atoms with E-state index >= 15 is 0 Å². The van der Waals surface area contributed by atoms with E-state index < -0.39 is 0 Å². The number of nitrogens with zero attached hydrogens (tertiary/aromatic N) is 4. The van der Waals surface area contributed by atoms with Crippen molar-refractivity contribution >= 4 is 29.3 Å². The van der Waals surface area contributed by atoms with Gasteiger partial charge < -0.3 is 25.8 Å². The minimum absolute atomic E-state index is 0.00335. The fourth-order valence-electron chi connectivity index (χ4n) is 3.01. The molecular formula is C27H36FN7O2. The number of likely N-dealkylation sites (N-methyl/N-ethyl adjacent to an activating group) is 2. The van der Waals surface area contributed by atoms with Gasteiger partial charge in [-0.3, -0.25) is 9.59 Å². The topological polar surface area (TPSA) is 102 Å². The monoisotopic (exact) mass is 509 g/mol. The molecule has 3 N–H and O–H groups in total. The Morgan fingerprint density at radius 1 is 1.19 bits per heavy atom. The lowest BCUT2D eigenvalue weighted by Gasteiger charge is -2.14. The first-order valence-electron chi connectivity index (χ1n) is 12.2. The molecule has 0 spiro atoms. The van der Waals surface area contributed by atoms with Crippen LogP contribution in [0, 0.1) is 17.7 Å². The van der Waals surface area contributed by atoms with Crippen molar-refractivity contribution in [3.63, 3.8) is 0 Å². The molecule has 9 nitrogen and oxygen atoms in total. The number of aromatic nitrogens is 2. The molecule has 0 saturated carbocycles. The molecule has 0 aliphatic heterocycles. The number of hydrogen-bond acceptors (Lipinski definition) is 7. The summed E-state index contributed by atoms with van der Waals surface area (Å²) in [5.74, 6) is 6.34. The van der Waals surface area contributed by atoms with Gasteiger partial charge in [-0.1, -0.05) is 30.9 Å². The predicted molar refractivity (Wildman–Crippen MR) is 145 cm³/mol. The van der Waals surface area contributed by atoms with Crippen molar-refractivity contribution in [2.75, 3.05) is 58.0 Å². The summed E-state index contributed by atoms with van der Waals surface area (Å²) in [4.78, 5) is 36.2. The van der Waals surface area contributed by atoms with Crippen LogP contribution in [0.1, 0.15) is 31.7 Å². The summed E-state index contributed by atoms with van der Waals surface area (Å²) in [5.41, 5.74) is 1.21. The smallest absolute Gasteiger partial charge is 0.246 e. The van der Waals surface area contributed by atoms with Gasteiger partial charge in [0.05, 0.1) is 18.3 Å². The minimum Gasteiger partial charge on any atom is -0.369 e. The number of rotatable bonds is 13. The van der Waals surface area contributed by atoms with Gasteiger partial charge >= 0.3 is 0 Å².